The van der Waals surface area contributed by atoms with Crippen LogP contribution in [0.2, 0.25) is 0 Å². The molecule has 0 saturated carbocycles. The molecule has 0 aliphatic carbocycles. The molecule has 0 aliphatic heterocycles. The number of hydrogen-bond acceptors (Lipinski definition) is 10. The van der Waals surface area contributed by atoms with E-state index < -0.39 is 61.4 Å². The average Bonchev–Trinajstić information content (AvgIpc) is 2.48. The van der Waals surface area contributed by atoms with Crippen LogP contribution in [-0.4, -0.2) is 102 Å². The van der Waals surface area contributed by atoms with Gasteiger partial charge in [0.15, 0.2) is 0 Å². The number of carbonyl (C=O) groups excluding carboxylic acids is 2. The van der Waals surface area contributed by atoms with Gasteiger partial charge in [-0.3, -0.25) is 9.59 Å². The summed E-state index contributed by atoms with van der Waals surface area (Å²) in [5.74, 6) is -3.47. The van der Waals surface area contributed by atoms with Gasteiger partial charge >= 0.3 is 0 Å². The van der Waals surface area contributed by atoms with Crippen molar-refractivity contribution in [3.8, 4) is 0 Å². The second-order valence-corrected chi connectivity index (χ2v) is 4.10. The molecule has 6 atom stereocenters. The van der Waals surface area contributed by atoms with Gasteiger partial charge in [0, 0.05) is 0 Å². The lowest BCUT2D eigenvalue weighted by Crippen LogP contribution is -2.52. The highest BCUT2D eigenvalue weighted by atomic mass is 16.4. The fraction of sp³-hybridized carbons (Fsp3) is 0.800. The Balaban J connectivity index is 4.81. The standard InChI is InChI=1S/C10H18O10/c11-1-3(13)5(15)7(17)9(19)10(20)8(18)6(16)4(14)2-12/h3-8,11-18H,1-2H2. The van der Waals surface area contributed by atoms with E-state index in [0.29, 0.717) is 0 Å². The van der Waals surface area contributed by atoms with Crippen LogP contribution < -0.4 is 0 Å². The zero-order valence-electron chi connectivity index (χ0n) is 10.3. The summed E-state index contributed by atoms with van der Waals surface area (Å²) in [7, 11) is 0. The second kappa shape index (κ2) is 8.34. The summed E-state index contributed by atoms with van der Waals surface area (Å²) < 4.78 is 0. The molecular weight excluding hydrogens is 280 g/mol. The van der Waals surface area contributed by atoms with E-state index >= 15 is 0 Å². The molecule has 0 aromatic carbocycles. The minimum Gasteiger partial charge on any atom is -0.394 e. The highest BCUT2D eigenvalue weighted by molar-refractivity contribution is 6.40. The highest BCUT2D eigenvalue weighted by Crippen LogP contribution is 2.07. The van der Waals surface area contributed by atoms with Crippen LogP contribution in [0, 0.1) is 0 Å². The Morgan fingerprint density at radius 2 is 0.900 bits per heavy atom. The zero-order valence-corrected chi connectivity index (χ0v) is 10.3. The van der Waals surface area contributed by atoms with Crippen molar-refractivity contribution in [2.45, 2.75) is 36.6 Å². The molecule has 0 aliphatic rings. The molecule has 0 fully saturated rings. The van der Waals surface area contributed by atoms with Gasteiger partial charge in [0.25, 0.3) is 0 Å². The number of aliphatic hydroxyl groups is 8. The van der Waals surface area contributed by atoms with Gasteiger partial charge < -0.3 is 40.9 Å². The van der Waals surface area contributed by atoms with Crippen LogP contribution in [0.1, 0.15) is 0 Å². The predicted molar refractivity (Wildman–Crippen MR) is 60.2 cm³/mol. The summed E-state index contributed by atoms with van der Waals surface area (Å²) in [6.07, 6.45) is -13.0. The minimum atomic E-state index is -2.43. The number of carbonyl (C=O) groups is 2. The fourth-order valence-electron chi connectivity index (χ4n) is 1.24. The monoisotopic (exact) mass is 298 g/mol. The fourth-order valence-corrected chi connectivity index (χ4v) is 1.24. The number of Topliss-reactive ketones (excluding diaryl/α,β-unsaturated/α-hetero) is 2. The van der Waals surface area contributed by atoms with Gasteiger partial charge in [0.2, 0.25) is 11.6 Å². The normalized spacial score (nSPS) is 20.6. The van der Waals surface area contributed by atoms with Crippen molar-refractivity contribution in [3.63, 3.8) is 0 Å². The van der Waals surface area contributed by atoms with Gasteiger partial charge in [-0.25, -0.2) is 0 Å². The summed E-state index contributed by atoms with van der Waals surface area (Å²) in [6.45, 7) is -1.98. The van der Waals surface area contributed by atoms with Crippen molar-refractivity contribution >= 4 is 11.6 Å². The first-order chi connectivity index (χ1) is 9.18. The van der Waals surface area contributed by atoms with Crippen LogP contribution in [0.5, 0.6) is 0 Å². The Labute approximate surface area is 113 Å². The number of rotatable bonds is 9. The van der Waals surface area contributed by atoms with Crippen LogP contribution in [0.15, 0.2) is 0 Å². The van der Waals surface area contributed by atoms with Crippen LogP contribution in [-0.2, 0) is 9.59 Å². The average molecular weight is 298 g/mol. The first-order valence-electron chi connectivity index (χ1n) is 5.57. The van der Waals surface area contributed by atoms with Gasteiger partial charge in [-0.05, 0) is 0 Å². The van der Waals surface area contributed by atoms with E-state index in [2.05, 4.69) is 0 Å². The summed E-state index contributed by atoms with van der Waals surface area (Å²) in [5.41, 5.74) is 0. The van der Waals surface area contributed by atoms with Crippen LogP contribution >= 0.6 is 0 Å². The number of aliphatic hydroxyl groups excluding tert-OH is 8. The lowest BCUT2D eigenvalue weighted by Gasteiger charge is -2.23. The van der Waals surface area contributed by atoms with Crippen LogP contribution in [0.4, 0.5) is 0 Å². The maximum absolute atomic E-state index is 11.4. The first kappa shape index (κ1) is 19.0. The number of ketones is 2. The van der Waals surface area contributed by atoms with E-state index in [9.17, 15) is 30.0 Å². The zero-order chi connectivity index (χ0) is 16.0. The summed E-state index contributed by atoms with van der Waals surface area (Å²) in [4.78, 5) is 22.8. The molecule has 10 nitrogen and oxygen atoms in total. The Bertz CT molecular complexity index is 300. The molecular formula is C10H18O10. The molecule has 20 heavy (non-hydrogen) atoms. The molecule has 0 aromatic heterocycles. The Kier molecular flexibility index (Phi) is 7.93. The second-order valence-electron chi connectivity index (χ2n) is 4.10. The van der Waals surface area contributed by atoms with Crippen molar-refractivity contribution < 1.29 is 50.4 Å². The van der Waals surface area contributed by atoms with E-state index in [1.807, 2.05) is 0 Å². The Morgan fingerprint density at radius 3 is 1.10 bits per heavy atom. The molecule has 6 unspecified atom stereocenters. The summed E-state index contributed by atoms with van der Waals surface area (Å²) in [5, 5.41) is 72.0. The molecule has 0 bridgehead atoms. The minimum absolute atomic E-state index is 0.992. The molecule has 0 aromatic rings. The van der Waals surface area contributed by atoms with E-state index in [0.717, 1.165) is 0 Å². The van der Waals surface area contributed by atoms with Crippen LogP contribution in [0.25, 0.3) is 0 Å². The first-order valence-corrected chi connectivity index (χ1v) is 5.57. The van der Waals surface area contributed by atoms with Crippen LogP contribution in [0.3, 0.4) is 0 Å². The van der Waals surface area contributed by atoms with Gasteiger partial charge in [0.1, 0.15) is 36.6 Å². The smallest absolute Gasteiger partial charge is 0.232 e. The quantitative estimate of drug-likeness (QED) is 0.190. The van der Waals surface area contributed by atoms with Gasteiger partial charge in [-0.1, -0.05) is 0 Å². The lowest BCUT2D eigenvalue weighted by atomic mass is 9.96. The van der Waals surface area contributed by atoms with E-state index in [-0.39, 0.29) is 0 Å². The van der Waals surface area contributed by atoms with Crippen molar-refractivity contribution in [2.24, 2.45) is 0 Å². The van der Waals surface area contributed by atoms with Gasteiger partial charge in [-0.15, -0.1) is 0 Å². The van der Waals surface area contributed by atoms with Gasteiger partial charge in [-0.2, -0.15) is 0 Å². The molecule has 10 heteroatoms. The van der Waals surface area contributed by atoms with E-state index in [4.69, 9.17) is 20.4 Å². The molecule has 118 valence electrons. The molecule has 0 spiro atoms. The highest BCUT2D eigenvalue weighted by Gasteiger charge is 2.39. The molecule has 0 amide bonds. The van der Waals surface area contributed by atoms with Crippen molar-refractivity contribution in [1.29, 1.82) is 0 Å². The third-order valence-corrected chi connectivity index (χ3v) is 2.59. The Hall–Kier alpha value is -0.980. The summed E-state index contributed by atoms with van der Waals surface area (Å²) >= 11 is 0. The molecule has 0 heterocycles. The molecule has 0 rings (SSSR count). The molecule has 8 N–H and O–H groups in total. The number of hydrogen-bond donors (Lipinski definition) is 8. The summed E-state index contributed by atoms with van der Waals surface area (Å²) in [6, 6.07) is 0. The third-order valence-electron chi connectivity index (χ3n) is 2.59. The van der Waals surface area contributed by atoms with E-state index in [1.54, 1.807) is 0 Å². The maximum Gasteiger partial charge on any atom is 0.232 e. The third kappa shape index (κ3) is 4.54. The van der Waals surface area contributed by atoms with Crippen molar-refractivity contribution in [2.75, 3.05) is 13.2 Å². The topological polar surface area (TPSA) is 196 Å². The molecule has 0 saturated heterocycles. The Morgan fingerprint density at radius 1 is 0.650 bits per heavy atom. The van der Waals surface area contributed by atoms with E-state index in [1.165, 1.54) is 0 Å². The van der Waals surface area contributed by atoms with Gasteiger partial charge in [0.05, 0.1) is 13.2 Å². The van der Waals surface area contributed by atoms with Crippen molar-refractivity contribution in [1.82, 2.24) is 0 Å². The van der Waals surface area contributed by atoms with Crippen molar-refractivity contribution in [3.05, 3.63) is 0 Å². The maximum atomic E-state index is 11.4. The largest absolute Gasteiger partial charge is 0.394 e. The SMILES string of the molecule is O=C(C(=O)C(O)C(O)C(O)CO)C(O)C(O)C(O)CO. The predicted octanol–water partition coefficient (Wildman–Crippen LogP) is -5.73. The molecule has 0 radical (unpaired) electrons. The lowest BCUT2D eigenvalue weighted by molar-refractivity contribution is -0.159.